The minimum Gasteiger partial charge on any atom is -0.486 e. The Morgan fingerprint density at radius 2 is 1.32 bits per heavy atom. The fraction of sp³-hybridized carbons (Fsp3) is 0.111. The highest BCUT2D eigenvalue weighted by molar-refractivity contribution is 5.65. The Labute approximate surface area is 205 Å². The van der Waals surface area contributed by atoms with E-state index in [9.17, 15) is 35.1 Å². The molecule has 0 fully saturated rings. The Bertz CT molecular complexity index is 1430. The number of hydrogen-bond donors (Lipinski definition) is 0. The molecule has 192 valence electrons. The molecule has 4 rings (SSSR count). The molecule has 0 atom stereocenters. The van der Waals surface area contributed by atoms with Crippen LogP contribution in [0.3, 0.4) is 0 Å². The SMILES string of the molecule is Cc1ccc(COc2ccc(C(F)(F)Oc3ccc(-c4cc(F)c(F)c(F)c4)c(F)c3)c(F)c2F)cc1. The van der Waals surface area contributed by atoms with Crippen molar-refractivity contribution < 1.29 is 44.6 Å². The summed E-state index contributed by atoms with van der Waals surface area (Å²) in [5, 5.41) is 0. The monoisotopic (exact) mass is 524 g/mol. The Kier molecular flexibility index (Phi) is 7.11. The van der Waals surface area contributed by atoms with Crippen molar-refractivity contribution in [2.24, 2.45) is 0 Å². The lowest BCUT2D eigenvalue weighted by Crippen LogP contribution is -2.24. The molecule has 0 aliphatic rings. The minimum atomic E-state index is -4.44. The molecule has 0 amide bonds. The van der Waals surface area contributed by atoms with Gasteiger partial charge in [0.15, 0.2) is 29.0 Å². The van der Waals surface area contributed by atoms with E-state index >= 15 is 0 Å². The Morgan fingerprint density at radius 1 is 0.676 bits per heavy atom. The van der Waals surface area contributed by atoms with Gasteiger partial charge >= 0.3 is 6.11 Å². The maximum atomic E-state index is 14.7. The number of ether oxygens (including phenoxy) is 2. The summed E-state index contributed by atoms with van der Waals surface area (Å²) in [7, 11) is 0. The van der Waals surface area contributed by atoms with E-state index in [2.05, 4.69) is 4.74 Å². The van der Waals surface area contributed by atoms with E-state index in [0.29, 0.717) is 29.8 Å². The number of halogens is 8. The smallest absolute Gasteiger partial charge is 0.429 e. The molecule has 0 heterocycles. The Hall–Kier alpha value is -4.08. The van der Waals surface area contributed by atoms with Gasteiger partial charge in [-0.3, -0.25) is 0 Å². The van der Waals surface area contributed by atoms with E-state index in [-0.39, 0.29) is 6.61 Å². The molecule has 0 radical (unpaired) electrons. The average molecular weight is 524 g/mol. The zero-order valence-electron chi connectivity index (χ0n) is 18.9. The molecule has 10 heteroatoms. The first kappa shape index (κ1) is 26.0. The third kappa shape index (κ3) is 5.52. The van der Waals surface area contributed by atoms with Crippen molar-refractivity contribution in [3.05, 3.63) is 118 Å². The lowest BCUT2D eigenvalue weighted by atomic mass is 10.0. The summed E-state index contributed by atoms with van der Waals surface area (Å²) in [6, 6.07) is 11.5. The highest BCUT2D eigenvalue weighted by Crippen LogP contribution is 2.37. The largest absolute Gasteiger partial charge is 0.486 e. The van der Waals surface area contributed by atoms with Crippen molar-refractivity contribution in [3.8, 4) is 22.6 Å². The van der Waals surface area contributed by atoms with Crippen LogP contribution >= 0.6 is 0 Å². The molecule has 0 saturated carbocycles. The lowest BCUT2D eigenvalue weighted by Gasteiger charge is -2.20. The predicted molar refractivity (Wildman–Crippen MR) is 118 cm³/mol. The lowest BCUT2D eigenvalue weighted by molar-refractivity contribution is -0.187. The summed E-state index contributed by atoms with van der Waals surface area (Å²) in [6.45, 7) is 1.72. The molecule has 2 nitrogen and oxygen atoms in total. The molecule has 0 aromatic heterocycles. The summed E-state index contributed by atoms with van der Waals surface area (Å²) in [6.07, 6.45) is -4.44. The summed E-state index contributed by atoms with van der Waals surface area (Å²) in [5.74, 6) is -11.2. The van der Waals surface area contributed by atoms with Crippen molar-refractivity contribution >= 4 is 0 Å². The average Bonchev–Trinajstić information content (AvgIpc) is 2.84. The minimum absolute atomic E-state index is 0.143. The van der Waals surface area contributed by atoms with E-state index in [1.807, 2.05) is 6.92 Å². The molecule has 4 aromatic rings. The van der Waals surface area contributed by atoms with E-state index in [1.54, 1.807) is 24.3 Å². The van der Waals surface area contributed by atoms with Gasteiger partial charge in [0, 0.05) is 11.6 Å². The van der Waals surface area contributed by atoms with Crippen LogP contribution in [0.2, 0.25) is 0 Å². The van der Waals surface area contributed by atoms with Crippen LogP contribution in [0.15, 0.2) is 66.7 Å². The summed E-state index contributed by atoms with van der Waals surface area (Å²) in [5.41, 5.74) is -0.706. The molecule has 37 heavy (non-hydrogen) atoms. The fourth-order valence-electron chi connectivity index (χ4n) is 3.42. The van der Waals surface area contributed by atoms with Gasteiger partial charge in [-0.2, -0.15) is 13.2 Å². The van der Waals surface area contributed by atoms with Gasteiger partial charge in [-0.15, -0.1) is 0 Å². The number of rotatable bonds is 7. The van der Waals surface area contributed by atoms with Crippen molar-refractivity contribution in [2.45, 2.75) is 19.6 Å². The number of benzene rings is 4. The van der Waals surface area contributed by atoms with Crippen LogP contribution in [-0.4, -0.2) is 0 Å². The molecule has 0 aliphatic heterocycles. The number of alkyl halides is 2. The summed E-state index contributed by atoms with van der Waals surface area (Å²) >= 11 is 0. The second-order valence-electron chi connectivity index (χ2n) is 8.03. The van der Waals surface area contributed by atoms with Crippen molar-refractivity contribution in [3.63, 3.8) is 0 Å². The van der Waals surface area contributed by atoms with Crippen molar-refractivity contribution in [1.29, 1.82) is 0 Å². The Morgan fingerprint density at radius 3 is 1.95 bits per heavy atom. The van der Waals surface area contributed by atoms with Gasteiger partial charge < -0.3 is 9.47 Å². The van der Waals surface area contributed by atoms with Gasteiger partial charge in [0.25, 0.3) is 0 Å². The van der Waals surface area contributed by atoms with Crippen LogP contribution < -0.4 is 9.47 Å². The molecule has 0 N–H and O–H groups in total. The molecule has 0 unspecified atom stereocenters. The summed E-state index contributed by atoms with van der Waals surface area (Å²) in [4.78, 5) is 0. The molecule has 0 aliphatic carbocycles. The highest BCUT2D eigenvalue weighted by atomic mass is 19.3. The first-order valence-electron chi connectivity index (χ1n) is 10.6. The first-order valence-corrected chi connectivity index (χ1v) is 10.6. The maximum absolute atomic E-state index is 14.7. The Balaban J connectivity index is 1.54. The first-order chi connectivity index (χ1) is 17.5. The van der Waals surface area contributed by atoms with E-state index in [0.717, 1.165) is 23.8 Å². The third-order valence-corrected chi connectivity index (χ3v) is 5.36. The van der Waals surface area contributed by atoms with Crippen LogP contribution in [0.5, 0.6) is 11.5 Å². The quantitative estimate of drug-likeness (QED) is 0.179. The zero-order chi connectivity index (χ0) is 26.9. The van der Waals surface area contributed by atoms with Crippen molar-refractivity contribution in [1.82, 2.24) is 0 Å². The standard InChI is InChI=1S/C27H16F8O2/c1-14-2-4-15(5-3-14)13-36-23-9-8-19(24(31)26(23)33)27(34,35)37-17-6-7-18(20(28)12-17)16-10-21(29)25(32)22(30)11-16/h2-12H,13H2,1H3. The molecule has 0 bridgehead atoms. The van der Waals surface area contributed by atoms with Crippen LogP contribution in [0, 0.1) is 41.8 Å². The second kappa shape index (κ2) is 10.1. The number of aryl methyl sites for hydroxylation is 1. The summed E-state index contributed by atoms with van der Waals surface area (Å²) < 4.78 is 123. The van der Waals surface area contributed by atoms with Crippen LogP contribution in [0.4, 0.5) is 35.1 Å². The maximum Gasteiger partial charge on any atom is 0.429 e. The predicted octanol–water partition coefficient (Wildman–Crippen LogP) is 8.20. The molecule has 4 aromatic carbocycles. The van der Waals surface area contributed by atoms with Gasteiger partial charge in [-0.05, 0) is 54.4 Å². The normalized spacial score (nSPS) is 11.5. The van der Waals surface area contributed by atoms with E-state index in [4.69, 9.17) is 4.74 Å². The van der Waals surface area contributed by atoms with Crippen LogP contribution in [0.25, 0.3) is 11.1 Å². The second-order valence-corrected chi connectivity index (χ2v) is 8.03. The van der Waals surface area contributed by atoms with E-state index < -0.39 is 69.2 Å². The van der Waals surface area contributed by atoms with Crippen LogP contribution in [-0.2, 0) is 12.7 Å². The number of hydrogen-bond acceptors (Lipinski definition) is 2. The molecular weight excluding hydrogens is 508 g/mol. The third-order valence-electron chi connectivity index (χ3n) is 5.36. The van der Waals surface area contributed by atoms with Gasteiger partial charge in [-0.1, -0.05) is 29.8 Å². The molecule has 0 saturated heterocycles. The van der Waals surface area contributed by atoms with Crippen LogP contribution in [0.1, 0.15) is 16.7 Å². The van der Waals surface area contributed by atoms with Crippen molar-refractivity contribution in [2.75, 3.05) is 0 Å². The topological polar surface area (TPSA) is 18.5 Å². The zero-order valence-corrected chi connectivity index (χ0v) is 18.9. The highest BCUT2D eigenvalue weighted by Gasteiger charge is 2.39. The van der Waals surface area contributed by atoms with Gasteiger partial charge in [0.1, 0.15) is 23.7 Å². The van der Waals surface area contributed by atoms with E-state index in [1.165, 1.54) is 0 Å². The van der Waals surface area contributed by atoms with Gasteiger partial charge in [0.05, 0.1) is 0 Å². The van der Waals surface area contributed by atoms with Gasteiger partial charge in [0.2, 0.25) is 5.82 Å². The molecular formula is C27H16F8O2. The fourth-order valence-corrected chi connectivity index (χ4v) is 3.42. The van der Waals surface area contributed by atoms with Gasteiger partial charge in [-0.25, -0.2) is 22.0 Å². The molecule has 0 spiro atoms.